The minimum absolute atomic E-state index is 0.0697. The molecule has 0 radical (unpaired) electrons. The molecule has 0 bridgehead atoms. The Kier molecular flexibility index (Phi) is 4.90. The normalized spacial score (nSPS) is 10.7. The van der Waals surface area contributed by atoms with Gasteiger partial charge in [0, 0.05) is 18.9 Å². The number of rotatable bonds is 4. The van der Waals surface area contributed by atoms with Gasteiger partial charge in [-0.2, -0.15) is 0 Å². The Bertz CT molecular complexity index is 469. The summed E-state index contributed by atoms with van der Waals surface area (Å²) < 4.78 is 0. The summed E-state index contributed by atoms with van der Waals surface area (Å²) in [5.41, 5.74) is 1.52. The molecule has 4 nitrogen and oxygen atoms in total. The van der Waals surface area contributed by atoms with Gasteiger partial charge in [0.2, 0.25) is 0 Å². The van der Waals surface area contributed by atoms with Crippen molar-refractivity contribution in [3.05, 3.63) is 35.2 Å². The fraction of sp³-hybridized carbons (Fsp3) is 0.250. The topological polar surface area (TPSA) is 67.3 Å². The first-order valence-corrected chi connectivity index (χ1v) is 5.99. The second-order valence-electron chi connectivity index (χ2n) is 3.44. The highest BCUT2D eigenvalue weighted by molar-refractivity contribution is 8.13. The maximum absolute atomic E-state index is 10.7. The first-order valence-electron chi connectivity index (χ1n) is 5.00. The maximum Gasteiger partial charge on any atom is 0.354 e. The molecule has 0 unspecified atom stereocenters. The molecule has 0 aliphatic heterocycles. The van der Waals surface area contributed by atoms with Gasteiger partial charge in [0.15, 0.2) is 10.8 Å². The molecule has 0 aromatic carbocycles. The molecule has 0 spiro atoms. The molecule has 1 rings (SSSR count). The van der Waals surface area contributed by atoms with E-state index in [0.717, 1.165) is 5.56 Å². The van der Waals surface area contributed by atoms with Crippen molar-refractivity contribution in [2.45, 2.75) is 13.8 Å². The second-order valence-corrected chi connectivity index (χ2v) is 4.64. The average Bonchev–Trinajstić information content (AvgIpc) is 2.23. The zero-order valence-electron chi connectivity index (χ0n) is 9.64. The molecule has 0 saturated carbocycles. The highest BCUT2D eigenvalue weighted by Gasteiger charge is 2.07. The van der Waals surface area contributed by atoms with Gasteiger partial charge in [-0.05, 0) is 24.1 Å². The van der Waals surface area contributed by atoms with Crippen molar-refractivity contribution in [1.82, 2.24) is 4.98 Å². The predicted octanol–water partition coefficient (Wildman–Crippen LogP) is 2.38. The molecular formula is C12H13NO3S. The third-order valence-corrected chi connectivity index (χ3v) is 2.76. The highest BCUT2D eigenvalue weighted by atomic mass is 32.2. The number of aromatic nitrogens is 1. The number of nitrogens with zero attached hydrogens (tertiary/aromatic N) is 1. The quantitative estimate of drug-likeness (QED) is 0.889. The lowest BCUT2D eigenvalue weighted by atomic mass is 10.1. The van der Waals surface area contributed by atoms with Crippen LogP contribution in [0, 0.1) is 6.92 Å². The Balaban J connectivity index is 2.70. The summed E-state index contributed by atoms with van der Waals surface area (Å²) in [6.07, 6.45) is 5.18. The van der Waals surface area contributed by atoms with E-state index in [1.165, 1.54) is 24.9 Å². The van der Waals surface area contributed by atoms with E-state index in [1.807, 2.05) is 12.2 Å². The van der Waals surface area contributed by atoms with Gasteiger partial charge in [0.25, 0.3) is 0 Å². The maximum atomic E-state index is 10.7. The molecule has 0 aliphatic rings. The number of carbonyl (C=O) groups excluding carboxylic acids is 1. The largest absolute Gasteiger partial charge is 0.477 e. The molecule has 1 N–H and O–H groups in total. The number of pyridine rings is 1. The Morgan fingerprint density at radius 3 is 2.76 bits per heavy atom. The number of carbonyl (C=O) groups is 2. The van der Waals surface area contributed by atoms with Gasteiger partial charge in [0.05, 0.1) is 0 Å². The summed E-state index contributed by atoms with van der Waals surface area (Å²) in [6, 6.07) is 1.76. The third kappa shape index (κ3) is 4.40. The van der Waals surface area contributed by atoms with Crippen molar-refractivity contribution < 1.29 is 14.7 Å². The lowest BCUT2D eigenvalue weighted by Gasteiger charge is -2.00. The van der Waals surface area contributed by atoms with Gasteiger partial charge in [0.1, 0.15) is 0 Å². The van der Waals surface area contributed by atoms with Crippen molar-refractivity contribution in [1.29, 1.82) is 0 Å². The Morgan fingerprint density at radius 2 is 2.24 bits per heavy atom. The van der Waals surface area contributed by atoms with Gasteiger partial charge in [-0.1, -0.05) is 23.9 Å². The molecule has 1 aromatic rings. The van der Waals surface area contributed by atoms with E-state index in [1.54, 1.807) is 13.0 Å². The van der Waals surface area contributed by atoms with E-state index < -0.39 is 5.97 Å². The molecule has 0 atom stereocenters. The third-order valence-electron chi connectivity index (χ3n) is 2.00. The Labute approximate surface area is 104 Å². The molecule has 0 saturated heterocycles. The van der Waals surface area contributed by atoms with Crippen molar-refractivity contribution in [3.63, 3.8) is 0 Å². The van der Waals surface area contributed by atoms with Crippen molar-refractivity contribution in [2.75, 3.05) is 5.75 Å². The lowest BCUT2D eigenvalue weighted by molar-refractivity contribution is -0.109. The zero-order chi connectivity index (χ0) is 12.8. The van der Waals surface area contributed by atoms with Gasteiger partial charge in [-0.25, -0.2) is 9.78 Å². The lowest BCUT2D eigenvalue weighted by Crippen LogP contribution is -2.03. The molecule has 0 aliphatic carbocycles. The number of aromatic carboxylic acids is 1. The fourth-order valence-corrected chi connectivity index (χ4v) is 1.69. The smallest absolute Gasteiger partial charge is 0.354 e. The van der Waals surface area contributed by atoms with Crippen LogP contribution >= 0.6 is 11.8 Å². The van der Waals surface area contributed by atoms with E-state index in [-0.39, 0.29) is 10.8 Å². The van der Waals surface area contributed by atoms with E-state index in [4.69, 9.17) is 5.11 Å². The summed E-state index contributed by atoms with van der Waals surface area (Å²) in [4.78, 5) is 25.3. The molecule has 1 aromatic heterocycles. The molecular weight excluding hydrogens is 238 g/mol. The standard InChI is InChI=1S/C12H13NO3S/c1-8-6-10(4-3-5-17-9(2)14)7-13-11(8)12(15)16/h3-4,6-7H,5H2,1-2H3,(H,15,16). The molecule has 1 heterocycles. The van der Waals surface area contributed by atoms with Gasteiger partial charge >= 0.3 is 5.97 Å². The van der Waals surface area contributed by atoms with E-state index in [2.05, 4.69) is 4.98 Å². The summed E-state index contributed by atoms with van der Waals surface area (Å²) in [5.74, 6) is -0.417. The van der Waals surface area contributed by atoms with Gasteiger partial charge < -0.3 is 5.11 Å². The van der Waals surface area contributed by atoms with Crippen LogP contribution in [0.25, 0.3) is 6.08 Å². The minimum atomic E-state index is -1.02. The van der Waals surface area contributed by atoms with Crippen LogP contribution in [0.4, 0.5) is 0 Å². The van der Waals surface area contributed by atoms with E-state index in [9.17, 15) is 9.59 Å². The number of hydrogen-bond donors (Lipinski definition) is 1. The van der Waals surface area contributed by atoms with Gasteiger partial charge in [-0.15, -0.1) is 0 Å². The summed E-state index contributed by atoms with van der Waals surface area (Å²) in [5, 5.41) is 8.88. The summed E-state index contributed by atoms with van der Waals surface area (Å²) in [7, 11) is 0. The molecule has 0 amide bonds. The SMILES string of the molecule is CC(=O)SCC=Cc1cnc(C(=O)O)c(C)c1. The van der Waals surface area contributed by atoms with E-state index in [0.29, 0.717) is 11.3 Å². The Hall–Kier alpha value is -1.62. The molecule has 5 heteroatoms. The van der Waals surface area contributed by atoms with Crippen LogP contribution in [0.1, 0.15) is 28.5 Å². The van der Waals surface area contributed by atoms with Crippen LogP contribution in [-0.2, 0) is 4.79 Å². The minimum Gasteiger partial charge on any atom is -0.477 e. The second kappa shape index (κ2) is 6.20. The van der Waals surface area contributed by atoms with Gasteiger partial charge in [-0.3, -0.25) is 4.79 Å². The van der Waals surface area contributed by atoms with E-state index >= 15 is 0 Å². The van der Waals surface area contributed by atoms with Crippen molar-refractivity contribution >= 4 is 28.9 Å². The van der Waals surface area contributed by atoms with Crippen molar-refractivity contribution in [3.8, 4) is 0 Å². The van der Waals surface area contributed by atoms with Crippen LogP contribution in [0.2, 0.25) is 0 Å². The predicted molar refractivity (Wildman–Crippen MR) is 68.1 cm³/mol. The number of hydrogen-bond acceptors (Lipinski definition) is 4. The van der Waals surface area contributed by atoms with Crippen LogP contribution in [-0.4, -0.2) is 26.9 Å². The number of carboxylic acid groups (broad SMARTS) is 1. The van der Waals surface area contributed by atoms with Crippen LogP contribution in [0.15, 0.2) is 18.3 Å². The Morgan fingerprint density at radius 1 is 1.53 bits per heavy atom. The summed E-state index contributed by atoms with van der Waals surface area (Å²) >= 11 is 1.22. The first kappa shape index (κ1) is 13.4. The van der Waals surface area contributed by atoms with Crippen LogP contribution in [0.5, 0.6) is 0 Å². The average molecular weight is 251 g/mol. The van der Waals surface area contributed by atoms with Crippen LogP contribution in [0.3, 0.4) is 0 Å². The number of thioether (sulfide) groups is 1. The summed E-state index contributed by atoms with van der Waals surface area (Å²) in [6.45, 7) is 3.23. The first-order chi connectivity index (χ1) is 8.00. The zero-order valence-corrected chi connectivity index (χ0v) is 10.5. The monoisotopic (exact) mass is 251 g/mol. The van der Waals surface area contributed by atoms with Crippen molar-refractivity contribution in [2.24, 2.45) is 0 Å². The number of carboxylic acids is 1. The fourth-order valence-electron chi connectivity index (χ4n) is 1.26. The molecule has 17 heavy (non-hydrogen) atoms. The number of aryl methyl sites for hydroxylation is 1. The highest BCUT2D eigenvalue weighted by Crippen LogP contribution is 2.10. The molecule has 90 valence electrons. The molecule has 0 fully saturated rings. The van der Waals surface area contributed by atoms with Crippen LogP contribution < -0.4 is 0 Å².